The van der Waals surface area contributed by atoms with Gasteiger partial charge in [0.15, 0.2) is 24.4 Å². The minimum absolute atomic E-state index is 0.00477. The zero-order chi connectivity index (χ0) is 62.6. The zero-order valence-electron chi connectivity index (χ0n) is 48.4. The summed E-state index contributed by atoms with van der Waals surface area (Å²) in [5, 5.41) is 5.20. The molecule has 12 atom stereocenters. The Morgan fingerprint density at radius 2 is 0.821 bits per heavy atom. The van der Waals surface area contributed by atoms with Crippen molar-refractivity contribution in [1.82, 2.24) is 10.6 Å². The van der Waals surface area contributed by atoms with Gasteiger partial charge in [0, 0.05) is 69.2 Å². The number of carbonyl (C=O) groups is 12. The van der Waals surface area contributed by atoms with Crippen molar-refractivity contribution in [2.45, 2.75) is 167 Å². The summed E-state index contributed by atoms with van der Waals surface area (Å²) in [7, 11) is 2.02. The van der Waals surface area contributed by atoms with Crippen molar-refractivity contribution in [2.75, 3.05) is 27.4 Å². The van der Waals surface area contributed by atoms with Crippen LogP contribution in [0.4, 0.5) is 0 Å². The molecule has 0 aromatic heterocycles. The molecule has 0 spiro atoms. The summed E-state index contributed by atoms with van der Waals surface area (Å²) >= 11 is 0. The molecular formula is C56H70N2O26. The summed E-state index contributed by atoms with van der Waals surface area (Å²) in [4.78, 5) is 154. The summed E-state index contributed by atoms with van der Waals surface area (Å²) in [5.74, 6) is -16.2. The number of methoxy groups -OCH3 is 2. The quantitative estimate of drug-likeness (QED) is 0.0770. The van der Waals surface area contributed by atoms with Gasteiger partial charge in [-0.05, 0) is 36.1 Å². The molecule has 2 N–H and O–H groups in total. The van der Waals surface area contributed by atoms with Gasteiger partial charge >= 0.3 is 71.3 Å². The minimum Gasteiger partial charge on any atom is -0.464 e. The van der Waals surface area contributed by atoms with Gasteiger partial charge in [0.25, 0.3) is 0 Å². The number of amides is 2. The van der Waals surface area contributed by atoms with Crippen molar-refractivity contribution in [3.8, 4) is 11.5 Å². The molecule has 2 fully saturated rings. The second-order valence-corrected chi connectivity index (χ2v) is 19.2. The average molecular weight is 1190 g/mol. The molecule has 28 heteroatoms. The number of benzene rings is 2. The molecule has 2 heterocycles. The van der Waals surface area contributed by atoms with Crippen LogP contribution in [0.15, 0.2) is 60.7 Å². The number of allylic oxidation sites excluding steroid dienone is 2. The molecule has 2 aliphatic rings. The van der Waals surface area contributed by atoms with Crippen molar-refractivity contribution < 1.29 is 124 Å². The van der Waals surface area contributed by atoms with E-state index in [9.17, 15) is 57.5 Å². The Labute approximate surface area is 482 Å². The number of hydrogen-bond acceptors (Lipinski definition) is 26. The van der Waals surface area contributed by atoms with E-state index in [2.05, 4.69) is 10.6 Å². The zero-order valence-corrected chi connectivity index (χ0v) is 48.4. The smallest absolute Gasteiger partial charge is 0.379 e. The molecule has 460 valence electrons. The Morgan fingerprint density at radius 1 is 0.488 bits per heavy atom. The molecule has 0 saturated carbocycles. The first-order chi connectivity index (χ1) is 39.5. The van der Waals surface area contributed by atoms with E-state index in [1.807, 2.05) is 0 Å². The van der Waals surface area contributed by atoms with Gasteiger partial charge in [-0.25, -0.2) is 9.59 Å². The molecule has 0 aliphatic carbocycles. The fourth-order valence-corrected chi connectivity index (χ4v) is 9.33. The lowest BCUT2D eigenvalue weighted by molar-refractivity contribution is -0.289. The molecule has 0 radical (unpaired) electrons. The van der Waals surface area contributed by atoms with Gasteiger partial charge in [0.2, 0.25) is 11.8 Å². The fraction of sp³-hybridized carbons (Fsp3) is 0.536. The summed E-state index contributed by atoms with van der Waals surface area (Å²) in [6.45, 7) is 9.08. The van der Waals surface area contributed by atoms with E-state index in [1.165, 1.54) is 12.1 Å². The van der Waals surface area contributed by atoms with E-state index >= 15 is 0 Å². The highest BCUT2D eigenvalue weighted by molar-refractivity contribution is 5.81. The third-order valence-corrected chi connectivity index (χ3v) is 12.3. The highest BCUT2D eigenvalue weighted by atomic mass is 16.8. The number of nitrogens with one attached hydrogen (secondary N) is 2. The number of ether oxygens (including phenoxy) is 14. The maximum Gasteiger partial charge on any atom is 0.379 e. The maximum atomic E-state index is 14.2. The van der Waals surface area contributed by atoms with E-state index in [-0.39, 0.29) is 24.3 Å². The van der Waals surface area contributed by atoms with Crippen molar-refractivity contribution in [3.63, 3.8) is 0 Å². The van der Waals surface area contributed by atoms with Gasteiger partial charge in [0.05, 0.1) is 39.1 Å². The number of hydrogen-bond donors (Lipinski definition) is 2. The highest BCUT2D eigenvalue weighted by Crippen LogP contribution is 2.41. The fourth-order valence-electron chi connectivity index (χ4n) is 9.33. The number of esters is 10. The molecule has 0 bridgehead atoms. The Kier molecular flexibility index (Phi) is 25.1. The first-order valence-corrected chi connectivity index (χ1v) is 26.1. The second kappa shape index (κ2) is 31.1. The summed E-state index contributed by atoms with van der Waals surface area (Å²) in [5.41, 5.74) is 0.803. The standard InChI is InChI=1S/C56H70N2O26/c1-29(59)57-47-43(75-33(5)63)25-55(53(69)71-11,83-51(47)49(79-37(9)67)45(77-35(7)65)27-73-31(3)61)81-41-23-17-15-21-39(41)19-13-14-20-40-22-16-18-24-42(40)82-56(54(70)72-12)26-44(76-34(6)64)48(58-30(2)60)52(84-56)50(80-38(10)68)46(78-36(8)66)28-74-32(4)62/h13-18,21-24,43-52H,19-20,25-28H2,1-12H3,(H,57,59)(H,58,60)/b14-13+/t43-,44-,45+,46+,47+,48+,49+,50+,51+,52+,55+,56+/m0/s1. The minimum atomic E-state index is -2.60. The molecule has 2 aromatic rings. The largest absolute Gasteiger partial charge is 0.464 e. The third-order valence-electron chi connectivity index (χ3n) is 12.3. The second-order valence-electron chi connectivity index (χ2n) is 19.2. The number of carbonyl (C=O) groups excluding carboxylic acids is 12. The first kappa shape index (κ1) is 67.8. The molecule has 28 nitrogen and oxygen atoms in total. The SMILES string of the molecule is COC(=O)[C@@]1(Oc2ccccc2C/C=C/Cc2ccccc2O[C@]2(C(=O)OC)C[C@H](OC(C)=O)[C@@H](NC(C)=O)[C@H]([C@H](OC(C)=O)[C@@H](COC(C)=O)OC(C)=O)O2)C[C@H](OC(C)=O)[C@@H](NC(C)=O)[C@H]([C@H](OC(C)=O)[C@@H](COC(C)=O)OC(C)=O)O1. The molecule has 2 aromatic carbocycles. The van der Waals surface area contributed by atoms with Gasteiger partial charge in [0.1, 0.15) is 49.1 Å². The van der Waals surface area contributed by atoms with E-state index in [1.54, 1.807) is 48.6 Å². The lowest BCUT2D eigenvalue weighted by Gasteiger charge is -2.48. The first-order valence-electron chi connectivity index (χ1n) is 26.1. The van der Waals surface area contributed by atoms with Crippen LogP contribution in [-0.2, 0) is 127 Å². The highest BCUT2D eigenvalue weighted by Gasteiger charge is 2.62. The van der Waals surface area contributed by atoms with E-state index in [0.29, 0.717) is 11.1 Å². The van der Waals surface area contributed by atoms with Crippen LogP contribution in [0.2, 0.25) is 0 Å². The van der Waals surface area contributed by atoms with Crippen molar-refractivity contribution in [3.05, 3.63) is 71.8 Å². The van der Waals surface area contributed by atoms with Gasteiger partial charge in [-0.1, -0.05) is 48.6 Å². The average Bonchev–Trinajstić information content (AvgIpc) is 1.14. The number of rotatable bonds is 26. The summed E-state index contributed by atoms with van der Waals surface area (Å²) < 4.78 is 80.2. The predicted molar refractivity (Wildman–Crippen MR) is 281 cm³/mol. The predicted octanol–water partition coefficient (Wildman–Crippen LogP) is 1.83. The molecule has 4 rings (SSSR count). The monoisotopic (exact) mass is 1190 g/mol. The molecular weight excluding hydrogens is 1120 g/mol. The molecule has 2 amide bonds. The third kappa shape index (κ3) is 19.5. The Bertz CT molecular complexity index is 2600. The maximum absolute atomic E-state index is 14.2. The van der Waals surface area contributed by atoms with E-state index in [4.69, 9.17) is 66.3 Å². The lowest BCUT2D eigenvalue weighted by Crippen LogP contribution is -2.70. The molecule has 0 unspecified atom stereocenters. The number of para-hydroxylation sites is 2. The summed E-state index contributed by atoms with van der Waals surface area (Å²) in [6.07, 6.45) is -11.4. The molecule has 84 heavy (non-hydrogen) atoms. The van der Waals surface area contributed by atoms with Gasteiger partial charge in [-0.3, -0.25) is 47.9 Å². The van der Waals surface area contributed by atoms with Gasteiger partial charge in [-0.2, -0.15) is 0 Å². The topological polar surface area (TPSA) is 358 Å². The van der Waals surface area contributed by atoms with E-state index < -0.39 is 170 Å². The van der Waals surface area contributed by atoms with Crippen molar-refractivity contribution in [1.29, 1.82) is 0 Å². The van der Waals surface area contributed by atoms with Crippen molar-refractivity contribution >= 4 is 71.5 Å². The Hall–Kier alpha value is -8.66. The van der Waals surface area contributed by atoms with Crippen LogP contribution in [0.5, 0.6) is 11.5 Å². The van der Waals surface area contributed by atoms with Crippen LogP contribution in [0, 0.1) is 0 Å². The van der Waals surface area contributed by atoms with Gasteiger partial charge < -0.3 is 76.9 Å². The molecule has 2 aliphatic heterocycles. The van der Waals surface area contributed by atoms with Crippen LogP contribution < -0.4 is 20.1 Å². The van der Waals surface area contributed by atoms with Crippen LogP contribution >= 0.6 is 0 Å². The summed E-state index contributed by atoms with van der Waals surface area (Å²) in [6, 6.07) is 9.72. The van der Waals surface area contributed by atoms with E-state index in [0.717, 1.165) is 83.5 Å². The Balaban J connectivity index is 1.80. The van der Waals surface area contributed by atoms with Crippen LogP contribution in [-0.4, -0.2) is 171 Å². The van der Waals surface area contributed by atoms with Crippen LogP contribution in [0.1, 0.15) is 93.2 Å². The van der Waals surface area contributed by atoms with Crippen molar-refractivity contribution in [2.24, 2.45) is 0 Å². The van der Waals surface area contributed by atoms with Crippen LogP contribution in [0.3, 0.4) is 0 Å². The molecule has 2 saturated heterocycles. The Morgan fingerprint density at radius 3 is 1.11 bits per heavy atom. The van der Waals surface area contributed by atoms with Crippen LogP contribution in [0.25, 0.3) is 0 Å². The lowest BCUT2D eigenvalue weighted by atomic mass is 9.87. The normalized spacial score (nSPS) is 23.2. The van der Waals surface area contributed by atoms with Gasteiger partial charge in [-0.15, -0.1) is 0 Å².